The van der Waals surface area contributed by atoms with Crippen LogP contribution < -0.4 is 15.4 Å². The summed E-state index contributed by atoms with van der Waals surface area (Å²) in [4.78, 5) is 22.3. The lowest BCUT2D eigenvalue weighted by molar-refractivity contribution is -0.141. The molecule has 0 aliphatic heterocycles. The summed E-state index contributed by atoms with van der Waals surface area (Å²) in [5.74, 6) is -1.72. The summed E-state index contributed by atoms with van der Waals surface area (Å²) < 4.78 is 24.6. The Bertz CT molecular complexity index is 461. The Morgan fingerprint density at radius 1 is 1.25 bits per heavy atom. The monoisotopic (exact) mass is 309 g/mol. The molecule has 8 nitrogen and oxygen atoms in total. The van der Waals surface area contributed by atoms with Crippen LogP contribution in [0.25, 0.3) is 0 Å². The van der Waals surface area contributed by atoms with Crippen LogP contribution in [0.5, 0.6) is 0 Å². The van der Waals surface area contributed by atoms with Crippen molar-refractivity contribution in [3.63, 3.8) is 0 Å². The van der Waals surface area contributed by atoms with Gasteiger partial charge in [-0.3, -0.25) is 4.79 Å². The van der Waals surface area contributed by atoms with Gasteiger partial charge in [0.25, 0.3) is 0 Å². The number of carbonyl (C=O) groups excluding carboxylic acids is 1. The van der Waals surface area contributed by atoms with Gasteiger partial charge < -0.3 is 15.7 Å². The molecule has 118 valence electrons. The second-order valence-corrected chi connectivity index (χ2v) is 7.25. The minimum absolute atomic E-state index is 0.0695. The molecular formula is C11H23N3O5S. The molecule has 0 aliphatic rings. The van der Waals surface area contributed by atoms with Crippen LogP contribution in [-0.2, 0) is 14.8 Å². The average Bonchev–Trinajstić information content (AvgIpc) is 2.22. The third-order valence-corrected chi connectivity index (χ3v) is 3.57. The van der Waals surface area contributed by atoms with Gasteiger partial charge >= 0.3 is 12.0 Å². The first kappa shape index (κ1) is 18.7. The number of amides is 2. The zero-order valence-electron chi connectivity index (χ0n) is 12.4. The predicted octanol–water partition coefficient (Wildman–Crippen LogP) is -0.277. The normalized spacial score (nSPS) is 15.2. The van der Waals surface area contributed by atoms with Crippen molar-refractivity contribution in [3.8, 4) is 0 Å². The number of carboxylic acids is 1. The van der Waals surface area contributed by atoms with Gasteiger partial charge in [0.2, 0.25) is 10.0 Å². The van der Waals surface area contributed by atoms with Gasteiger partial charge in [-0.1, -0.05) is 0 Å². The SMILES string of the molecule is CC(NC(=O)NCC(C)(C)NS(C)(=O)=O)C(C)C(=O)O. The molecule has 0 aromatic carbocycles. The van der Waals surface area contributed by atoms with Gasteiger partial charge in [0.1, 0.15) is 0 Å². The van der Waals surface area contributed by atoms with Crippen molar-refractivity contribution in [2.24, 2.45) is 5.92 Å². The fraction of sp³-hybridized carbons (Fsp3) is 0.818. The minimum atomic E-state index is -3.38. The molecule has 2 atom stereocenters. The van der Waals surface area contributed by atoms with E-state index in [1.807, 2.05) is 0 Å². The maximum absolute atomic E-state index is 11.6. The lowest BCUT2D eigenvalue weighted by Crippen LogP contribution is -2.54. The number of sulfonamides is 1. The van der Waals surface area contributed by atoms with Gasteiger partial charge in [0, 0.05) is 18.1 Å². The molecule has 0 aromatic heterocycles. The van der Waals surface area contributed by atoms with E-state index in [9.17, 15) is 18.0 Å². The molecule has 2 amide bonds. The number of carbonyl (C=O) groups is 2. The smallest absolute Gasteiger partial charge is 0.315 e. The average molecular weight is 309 g/mol. The standard InChI is InChI=1S/C11H23N3O5S/c1-7(9(15)16)8(2)13-10(17)12-6-11(3,4)14-20(5,18)19/h7-8,14H,6H2,1-5H3,(H,15,16)(H2,12,13,17). The number of urea groups is 1. The van der Waals surface area contributed by atoms with Gasteiger partial charge in [-0.2, -0.15) is 0 Å². The van der Waals surface area contributed by atoms with Crippen molar-refractivity contribution in [1.82, 2.24) is 15.4 Å². The van der Waals surface area contributed by atoms with Gasteiger partial charge in [-0.25, -0.2) is 17.9 Å². The summed E-state index contributed by atoms with van der Waals surface area (Å²) in [7, 11) is -3.38. The van der Waals surface area contributed by atoms with Crippen LogP contribution in [-0.4, -0.2) is 49.9 Å². The maximum atomic E-state index is 11.6. The number of hydrogen-bond donors (Lipinski definition) is 4. The molecule has 0 radical (unpaired) electrons. The first-order valence-corrected chi connectivity index (χ1v) is 7.99. The Morgan fingerprint density at radius 3 is 2.15 bits per heavy atom. The highest BCUT2D eigenvalue weighted by Crippen LogP contribution is 2.03. The zero-order valence-corrected chi connectivity index (χ0v) is 13.2. The number of aliphatic carboxylic acids is 1. The first-order valence-electron chi connectivity index (χ1n) is 6.10. The summed E-state index contributed by atoms with van der Waals surface area (Å²) in [5, 5.41) is 13.8. The van der Waals surface area contributed by atoms with Crippen molar-refractivity contribution in [2.75, 3.05) is 12.8 Å². The second kappa shape index (κ2) is 6.89. The molecule has 0 aliphatic carbocycles. The van der Waals surface area contributed by atoms with E-state index < -0.39 is 39.5 Å². The fourth-order valence-corrected chi connectivity index (χ4v) is 2.51. The van der Waals surface area contributed by atoms with E-state index in [0.29, 0.717) is 0 Å². The molecular weight excluding hydrogens is 286 g/mol. The van der Waals surface area contributed by atoms with Crippen molar-refractivity contribution in [2.45, 2.75) is 39.3 Å². The molecule has 0 spiro atoms. The topological polar surface area (TPSA) is 125 Å². The molecule has 2 unspecified atom stereocenters. The van der Waals surface area contributed by atoms with Gasteiger partial charge in [-0.05, 0) is 27.7 Å². The highest BCUT2D eigenvalue weighted by molar-refractivity contribution is 7.88. The molecule has 0 rings (SSSR count). The summed E-state index contributed by atoms with van der Waals surface area (Å²) in [5.41, 5.74) is -0.841. The van der Waals surface area contributed by atoms with Gasteiger partial charge in [0.05, 0.1) is 12.2 Å². The van der Waals surface area contributed by atoms with Crippen molar-refractivity contribution in [3.05, 3.63) is 0 Å². The van der Waals surface area contributed by atoms with Crippen molar-refractivity contribution < 1.29 is 23.1 Å². The minimum Gasteiger partial charge on any atom is -0.481 e. The Labute approximate surface area is 119 Å². The number of nitrogens with one attached hydrogen (secondary N) is 3. The summed E-state index contributed by atoms with van der Waals surface area (Å²) in [6.45, 7) is 6.38. The number of rotatable bonds is 7. The number of carboxylic acid groups (broad SMARTS) is 1. The third-order valence-electron chi connectivity index (χ3n) is 2.65. The van der Waals surface area contributed by atoms with Crippen LogP contribution in [0.4, 0.5) is 4.79 Å². The molecule has 0 saturated heterocycles. The first-order chi connectivity index (χ1) is 8.84. The van der Waals surface area contributed by atoms with Crippen LogP contribution in [0, 0.1) is 5.92 Å². The summed E-state index contributed by atoms with van der Waals surface area (Å²) >= 11 is 0. The predicted molar refractivity (Wildman–Crippen MR) is 74.9 cm³/mol. The molecule has 9 heteroatoms. The van der Waals surface area contributed by atoms with E-state index in [1.165, 1.54) is 6.92 Å². The van der Waals surface area contributed by atoms with Gasteiger partial charge in [-0.15, -0.1) is 0 Å². The summed E-state index contributed by atoms with van der Waals surface area (Å²) in [6.07, 6.45) is 1.03. The Hall–Kier alpha value is -1.35. The molecule has 0 heterocycles. The molecule has 20 heavy (non-hydrogen) atoms. The molecule has 4 N–H and O–H groups in total. The van der Waals surface area contributed by atoms with Gasteiger partial charge in [0.15, 0.2) is 0 Å². The molecule has 0 aromatic rings. The molecule has 0 saturated carbocycles. The Morgan fingerprint density at radius 2 is 1.75 bits per heavy atom. The van der Waals surface area contributed by atoms with E-state index >= 15 is 0 Å². The molecule has 0 bridgehead atoms. The van der Waals surface area contributed by atoms with E-state index in [1.54, 1.807) is 20.8 Å². The Balaban J connectivity index is 4.33. The van der Waals surface area contributed by atoms with Crippen LogP contribution in [0.1, 0.15) is 27.7 Å². The van der Waals surface area contributed by atoms with Crippen LogP contribution in [0.3, 0.4) is 0 Å². The quantitative estimate of drug-likeness (QED) is 0.515. The lowest BCUT2D eigenvalue weighted by atomic mass is 10.0. The number of hydrogen-bond acceptors (Lipinski definition) is 4. The van der Waals surface area contributed by atoms with Crippen LogP contribution in [0.15, 0.2) is 0 Å². The highest BCUT2D eigenvalue weighted by Gasteiger charge is 2.24. The molecule has 0 fully saturated rings. The van der Waals surface area contributed by atoms with E-state index in [0.717, 1.165) is 6.26 Å². The Kier molecular flexibility index (Phi) is 6.42. The maximum Gasteiger partial charge on any atom is 0.315 e. The van der Waals surface area contributed by atoms with Crippen molar-refractivity contribution in [1.29, 1.82) is 0 Å². The zero-order chi connectivity index (χ0) is 16.1. The van der Waals surface area contributed by atoms with Crippen LogP contribution >= 0.6 is 0 Å². The van der Waals surface area contributed by atoms with Crippen LogP contribution in [0.2, 0.25) is 0 Å². The third kappa shape index (κ3) is 7.95. The van der Waals surface area contributed by atoms with E-state index in [2.05, 4.69) is 15.4 Å². The van der Waals surface area contributed by atoms with E-state index in [4.69, 9.17) is 5.11 Å². The highest BCUT2D eigenvalue weighted by atomic mass is 32.2. The van der Waals surface area contributed by atoms with Crippen molar-refractivity contribution >= 4 is 22.0 Å². The second-order valence-electron chi connectivity index (χ2n) is 5.50. The van der Waals surface area contributed by atoms with E-state index in [-0.39, 0.29) is 6.54 Å². The fourth-order valence-electron chi connectivity index (χ4n) is 1.44. The largest absolute Gasteiger partial charge is 0.481 e. The summed E-state index contributed by atoms with van der Waals surface area (Å²) in [6, 6.07) is -1.09. The lowest BCUT2D eigenvalue weighted by Gasteiger charge is -2.26.